The Kier molecular flexibility index (Phi) is 3.66. The standard InChI is InChI=1S/C15H10BrFN2O3/c16-10-7-9-5-6-18(14(9)13(8-10)19(21)22)15(20)11-3-1-2-4-12(11)17/h1-4,7-8H,5-6H2. The number of nitro benzene ring substituents is 1. The van der Waals surface area contributed by atoms with Crippen LogP contribution in [0.15, 0.2) is 40.9 Å². The van der Waals surface area contributed by atoms with E-state index >= 15 is 0 Å². The van der Waals surface area contributed by atoms with Crippen LogP contribution in [-0.2, 0) is 6.42 Å². The molecular formula is C15H10BrFN2O3. The Labute approximate surface area is 133 Å². The summed E-state index contributed by atoms with van der Waals surface area (Å²) in [5.41, 5.74) is 0.700. The lowest BCUT2D eigenvalue weighted by atomic mass is 10.1. The fourth-order valence-corrected chi connectivity index (χ4v) is 3.10. The lowest BCUT2D eigenvalue weighted by Gasteiger charge is -2.17. The molecule has 0 aromatic heterocycles. The van der Waals surface area contributed by atoms with Crippen LogP contribution in [0, 0.1) is 15.9 Å². The second-order valence-corrected chi connectivity index (χ2v) is 5.79. The monoisotopic (exact) mass is 364 g/mol. The van der Waals surface area contributed by atoms with Crippen LogP contribution in [0.5, 0.6) is 0 Å². The predicted molar refractivity (Wildman–Crippen MR) is 82.6 cm³/mol. The van der Waals surface area contributed by atoms with Crippen molar-refractivity contribution in [2.75, 3.05) is 11.4 Å². The normalized spacial score (nSPS) is 13.1. The molecule has 5 nitrogen and oxygen atoms in total. The van der Waals surface area contributed by atoms with Crippen LogP contribution in [-0.4, -0.2) is 17.4 Å². The largest absolute Gasteiger partial charge is 0.302 e. The molecule has 1 heterocycles. The minimum atomic E-state index is -0.638. The molecule has 7 heteroatoms. The summed E-state index contributed by atoms with van der Waals surface area (Å²) in [6, 6.07) is 8.72. The third kappa shape index (κ3) is 2.37. The van der Waals surface area contributed by atoms with Crippen molar-refractivity contribution in [2.24, 2.45) is 0 Å². The van der Waals surface area contributed by atoms with Gasteiger partial charge in [0.2, 0.25) is 0 Å². The highest BCUT2D eigenvalue weighted by Gasteiger charge is 2.34. The first-order chi connectivity index (χ1) is 10.5. The van der Waals surface area contributed by atoms with Gasteiger partial charge in [-0.05, 0) is 30.2 Å². The fourth-order valence-electron chi connectivity index (χ4n) is 2.61. The molecule has 0 atom stereocenters. The van der Waals surface area contributed by atoms with E-state index in [2.05, 4.69) is 15.9 Å². The van der Waals surface area contributed by atoms with Crippen molar-refractivity contribution in [1.29, 1.82) is 0 Å². The van der Waals surface area contributed by atoms with E-state index in [1.165, 1.54) is 29.2 Å². The molecule has 0 saturated carbocycles. The molecule has 0 aliphatic carbocycles. The summed E-state index contributed by atoms with van der Waals surface area (Å²) < 4.78 is 14.4. The van der Waals surface area contributed by atoms with Crippen molar-refractivity contribution < 1.29 is 14.1 Å². The number of rotatable bonds is 2. The van der Waals surface area contributed by atoms with Crippen LogP contribution in [0.25, 0.3) is 0 Å². The molecule has 1 amide bonds. The number of nitrogens with zero attached hydrogens (tertiary/aromatic N) is 2. The van der Waals surface area contributed by atoms with Crippen molar-refractivity contribution in [3.05, 3.63) is 67.9 Å². The topological polar surface area (TPSA) is 63.5 Å². The molecule has 0 unspecified atom stereocenters. The Morgan fingerprint density at radius 2 is 2.05 bits per heavy atom. The minimum absolute atomic E-state index is 0.0902. The molecule has 0 radical (unpaired) electrons. The van der Waals surface area contributed by atoms with Crippen molar-refractivity contribution >= 4 is 33.2 Å². The van der Waals surface area contributed by atoms with Crippen LogP contribution < -0.4 is 4.90 Å². The van der Waals surface area contributed by atoms with E-state index in [0.717, 1.165) is 0 Å². The number of halogens is 2. The molecule has 112 valence electrons. The number of fused-ring (bicyclic) bond motifs is 1. The van der Waals surface area contributed by atoms with Crippen LogP contribution in [0.2, 0.25) is 0 Å². The number of benzene rings is 2. The molecule has 2 aromatic carbocycles. The third-order valence-electron chi connectivity index (χ3n) is 3.55. The highest BCUT2D eigenvalue weighted by Crippen LogP contribution is 2.40. The summed E-state index contributed by atoms with van der Waals surface area (Å²) >= 11 is 3.23. The zero-order chi connectivity index (χ0) is 15.9. The lowest BCUT2D eigenvalue weighted by molar-refractivity contribution is -0.384. The SMILES string of the molecule is O=C(c1ccccc1F)N1CCc2cc(Br)cc([N+](=O)[O-])c21. The average Bonchev–Trinajstić information content (AvgIpc) is 2.89. The molecule has 1 aliphatic rings. The van der Waals surface area contributed by atoms with E-state index < -0.39 is 16.6 Å². The molecular weight excluding hydrogens is 355 g/mol. The van der Waals surface area contributed by atoms with Gasteiger partial charge < -0.3 is 4.90 Å². The second-order valence-electron chi connectivity index (χ2n) is 4.88. The highest BCUT2D eigenvalue weighted by molar-refractivity contribution is 9.10. The molecule has 3 rings (SSSR count). The number of carbonyl (C=O) groups excluding carboxylic acids is 1. The summed E-state index contributed by atoms with van der Waals surface area (Å²) in [7, 11) is 0. The third-order valence-corrected chi connectivity index (χ3v) is 4.01. The van der Waals surface area contributed by atoms with Gasteiger partial charge in [-0.15, -0.1) is 0 Å². The first-order valence-corrected chi connectivity index (χ1v) is 7.31. The van der Waals surface area contributed by atoms with Gasteiger partial charge in [-0.2, -0.15) is 0 Å². The maximum atomic E-state index is 13.8. The van der Waals surface area contributed by atoms with Gasteiger partial charge in [-0.3, -0.25) is 14.9 Å². The molecule has 22 heavy (non-hydrogen) atoms. The Bertz CT molecular complexity index is 794. The number of hydrogen-bond donors (Lipinski definition) is 0. The van der Waals surface area contributed by atoms with Gasteiger partial charge >= 0.3 is 0 Å². The first kappa shape index (κ1) is 14.6. The Morgan fingerprint density at radius 3 is 2.73 bits per heavy atom. The van der Waals surface area contributed by atoms with Gasteiger partial charge in [-0.1, -0.05) is 28.1 Å². The Morgan fingerprint density at radius 1 is 1.32 bits per heavy atom. The van der Waals surface area contributed by atoms with Crippen molar-refractivity contribution in [3.63, 3.8) is 0 Å². The Hall–Kier alpha value is -2.28. The van der Waals surface area contributed by atoms with Crippen LogP contribution in [0.3, 0.4) is 0 Å². The summed E-state index contributed by atoms with van der Waals surface area (Å²) in [5, 5.41) is 11.3. The van der Waals surface area contributed by atoms with Crippen LogP contribution in [0.4, 0.5) is 15.8 Å². The van der Waals surface area contributed by atoms with Crippen molar-refractivity contribution in [1.82, 2.24) is 0 Å². The number of nitro groups is 1. The summed E-state index contributed by atoms with van der Waals surface area (Å²) in [6.45, 7) is 0.291. The first-order valence-electron chi connectivity index (χ1n) is 6.52. The molecule has 0 spiro atoms. The van der Waals surface area contributed by atoms with Crippen LogP contribution in [0.1, 0.15) is 15.9 Å². The molecule has 0 bridgehead atoms. The number of hydrogen-bond acceptors (Lipinski definition) is 3. The summed E-state index contributed by atoms with van der Waals surface area (Å²) in [4.78, 5) is 24.5. The van der Waals surface area contributed by atoms with Crippen molar-refractivity contribution in [3.8, 4) is 0 Å². The van der Waals surface area contributed by atoms with E-state index in [4.69, 9.17) is 0 Å². The fraction of sp³-hybridized carbons (Fsp3) is 0.133. The summed E-state index contributed by atoms with van der Waals surface area (Å²) in [5.74, 6) is -1.21. The second kappa shape index (κ2) is 5.49. The van der Waals surface area contributed by atoms with E-state index in [-0.39, 0.29) is 16.9 Å². The van der Waals surface area contributed by atoms with Crippen molar-refractivity contribution in [2.45, 2.75) is 6.42 Å². The van der Waals surface area contributed by atoms with Gasteiger partial charge in [-0.25, -0.2) is 4.39 Å². The summed E-state index contributed by atoms with van der Waals surface area (Å²) in [6.07, 6.45) is 0.496. The van der Waals surface area contributed by atoms with Gasteiger partial charge in [0.15, 0.2) is 0 Å². The molecule has 0 N–H and O–H groups in total. The van der Waals surface area contributed by atoms with Crippen LogP contribution >= 0.6 is 15.9 Å². The van der Waals surface area contributed by atoms with E-state index in [0.29, 0.717) is 23.0 Å². The van der Waals surface area contributed by atoms with E-state index in [1.54, 1.807) is 12.1 Å². The van der Waals surface area contributed by atoms with E-state index in [1.807, 2.05) is 0 Å². The molecule has 0 fully saturated rings. The Balaban J connectivity index is 2.10. The van der Waals surface area contributed by atoms with E-state index in [9.17, 15) is 19.3 Å². The van der Waals surface area contributed by atoms with Gasteiger partial charge in [0.1, 0.15) is 11.5 Å². The predicted octanol–water partition coefficient (Wildman–Crippen LogP) is 3.70. The number of carbonyl (C=O) groups is 1. The maximum absolute atomic E-state index is 13.8. The highest BCUT2D eigenvalue weighted by atomic mass is 79.9. The maximum Gasteiger partial charge on any atom is 0.294 e. The quantitative estimate of drug-likeness (QED) is 0.602. The minimum Gasteiger partial charge on any atom is -0.302 e. The number of anilines is 1. The molecule has 1 aliphatic heterocycles. The smallest absolute Gasteiger partial charge is 0.294 e. The van der Waals surface area contributed by atoms with Gasteiger partial charge in [0.25, 0.3) is 11.6 Å². The molecule has 0 saturated heterocycles. The average molecular weight is 365 g/mol. The zero-order valence-electron chi connectivity index (χ0n) is 11.3. The molecule has 2 aromatic rings. The zero-order valence-corrected chi connectivity index (χ0v) is 12.8. The lowest BCUT2D eigenvalue weighted by Crippen LogP contribution is -2.30. The van der Waals surface area contributed by atoms with Gasteiger partial charge in [0.05, 0.1) is 10.5 Å². The van der Waals surface area contributed by atoms with Gasteiger partial charge in [0, 0.05) is 17.1 Å². The number of amides is 1.